The van der Waals surface area contributed by atoms with Crippen LogP contribution in [0, 0.1) is 5.92 Å². The Morgan fingerprint density at radius 3 is 2.68 bits per heavy atom. The number of halogens is 4. The Morgan fingerprint density at radius 2 is 2.07 bits per heavy atom. The van der Waals surface area contributed by atoms with Crippen LogP contribution in [0.1, 0.15) is 37.6 Å². The standard InChI is InChI=1S/C18H19F4N3O3/c1-9(2)25-14-6-10(16(26)27)3-4-13(14)15(24-25)11-5-12(8-23-7-11)28-18(21,22)17(19)20/h5,7-10,17H,3-4,6H2,1-2H3,(H,26,27)/t10-/m1/s1. The first-order valence-electron chi connectivity index (χ1n) is 8.73. The highest BCUT2D eigenvalue weighted by Gasteiger charge is 2.44. The van der Waals surface area contributed by atoms with E-state index in [9.17, 15) is 27.5 Å². The molecule has 6 nitrogen and oxygen atoms in total. The molecule has 0 bridgehead atoms. The van der Waals surface area contributed by atoms with Crippen molar-refractivity contribution >= 4 is 5.97 Å². The van der Waals surface area contributed by atoms with Crippen molar-refractivity contribution < 1.29 is 32.2 Å². The van der Waals surface area contributed by atoms with Gasteiger partial charge in [0.05, 0.1) is 17.8 Å². The van der Waals surface area contributed by atoms with Gasteiger partial charge in [-0.25, -0.2) is 0 Å². The summed E-state index contributed by atoms with van der Waals surface area (Å²) >= 11 is 0. The number of ether oxygens (including phenoxy) is 1. The van der Waals surface area contributed by atoms with Gasteiger partial charge in [-0.1, -0.05) is 0 Å². The van der Waals surface area contributed by atoms with Crippen LogP contribution in [0.5, 0.6) is 5.75 Å². The van der Waals surface area contributed by atoms with Gasteiger partial charge in [0.1, 0.15) is 5.75 Å². The minimum Gasteiger partial charge on any atom is -0.481 e. The number of carbonyl (C=O) groups is 1. The summed E-state index contributed by atoms with van der Waals surface area (Å²) in [7, 11) is 0. The first-order chi connectivity index (χ1) is 13.1. The molecule has 0 saturated carbocycles. The number of nitrogens with zero attached hydrogens (tertiary/aromatic N) is 3. The zero-order chi connectivity index (χ0) is 20.6. The Balaban J connectivity index is 2.00. The summed E-state index contributed by atoms with van der Waals surface area (Å²) in [5.74, 6) is -1.91. The predicted molar refractivity (Wildman–Crippen MR) is 90.6 cm³/mol. The highest BCUT2D eigenvalue weighted by molar-refractivity contribution is 5.72. The van der Waals surface area contributed by atoms with E-state index < -0.39 is 30.2 Å². The van der Waals surface area contributed by atoms with Gasteiger partial charge in [-0.15, -0.1) is 0 Å². The van der Waals surface area contributed by atoms with Crippen molar-refractivity contribution in [3.8, 4) is 17.0 Å². The number of aromatic nitrogens is 3. The maximum atomic E-state index is 13.2. The van der Waals surface area contributed by atoms with E-state index in [1.54, 1.807) is 4.68 Å². The summed E-state index contributed by atoms with van der Waals surface area (Å²) in [6, 6.07) is 1.13. The topological polar surface area (TPSA) is 77.2 Å². The van der Waals surface area contributed by atoms with Gasteiger partial charge in [-0.05, 0) is 32.8 Å². The Morgan fingerprint density at radius 1 is 1.36 bits per heavy atom. The van der Waals surface area contributed by atoms with Crippen LogP contribution < -0.4 is 4.74 Å². The number of hydrogen-bond donors (Lipinski definition) is 1. The molecular formula is C18H19F4N3O3. The Hall–Kier alpha value is -2.65. The molecule has 152 valence electrons. The van der Waals surface area contributed by atoms with E-state index >= 15 is 0 Å². The number of carboxylic acid groups (broad SMARTS) is 1. The zero-order valence-electron chi connectivity index (χ0n) is 15.2. The molecule has 28 heavy (non-hydrogen) atoms. The maximum Gasteiger partial charge on any atom is 0.461 e. The fraction of sp³-hybridized carbons (Fsp3) is 0.500. The van der Waals surface area contributed by atoms with Gasteiger partial charge in [-0.3, -0.25) is 14.5 Å². The SMILES string of the molecule is CC(C)n1nc(-c2cncc(OC(F)(F)C(F)F)c2)c2c1C[C@H](C(=O)O)CC2. The largest absolute Gasteiger partial charge is 0.481 e. The van der Waals surface area contributed by atoms with Crippen molar-refractivity contribution in [3.05, 3.63) is 29.7 Å². The van der Waals surface area contributed by atoms with Gasteiger partial charge in [0.15, 0.2) is 0 Å². The normalized spacial score (nSPS) is 17.1. The smallest absolute Gasteiger partial charge is 0.461 e. The lowest BCUT2D eigenvalue weighted by atomic mass is 9.86. The van der Waals surface area contributed by atoms with Crippen molar-refractivity contribution in [1.82, 2.24) is 14.8 Å². The molecule has 0 aromatic carbocycles. The van der Waals surface area contributed by atoms with Crippen LogP contribution in [0.4, 0.5) is 17.6 Å². The summed E-state index contributed by atoms with van der Waals surface area (Å²) < 4.78 is 57.0. The minimum atomic E-state index is -4.63. The molecule has 0 saturated heterocycles. The van der Waals surface area contributed by atoms with E-state index in [0.717, 1.165) is 17.5 Å². The molecule has 1 aliphatic carbocycles. The molecule has 0 radical (unpaired) electrons. The molecule has 0 aliphatic heterocycles. The lowest BCUT2D eigenvalue weighted by Gasteiger charge is -2.21. The molecule has 2 heterocycles. The zero-order valence-corrected chi connectivity index (χ0v) is 15.2. The van der Waals surface area contributed by atoms with E-state index in [1.807, 2.05) is 13.8 Å². The van der Waals surface area contributed by atoms with E-state index in [2.05, 4.69) is 14.8 Å². The molecule has 0 unspecified atom stereocenters. The lowest BCUT2D eigenvalue weighted by Crippen LogP contribution is -2.33. The molecule has 10 heteroatoms. The molecule has 1 aliphatic rings. The van der Waals surface area contributed by atoms with Gasteiger partial charge in [-0.2, -0.15) is 22.7 Å². The van der Waals surface area contributed by atoms with Crippen molar-refractivity contribution in [2.75, 3.05) is 0 Å². The van der Waals surface area contributed by atoms with Crippen molar-refractivity contribution in [2.24, 2.45) is 5.92 Å². The third-order valence-electron chi connectivity index (χ3n) is 4.63. The Labute approximate surface area is 158 Å². The molecule has 2 aromatic heterocycles. The van der Waals surface area contributed by atoms with Crippen LogP contribution in [-0.2, 0) is 17.6 Å². The van der Waals surface area contributed by atoms with Gasteiger partial charge >= 0.3 is 18.5 Å². The van der Waals surface area contributed by atoms with Gasteiger partial charge in [0, 0.05) is 35.5 Å². The molecule has 0 spiro atoms. The molecular weight excluding hydrogens is 382 g/mol. The summed E-state index contributed by atoms with van der Waals surface area (Å²) in [4.78, 5) is 15.2. The van der Waals surface area contributed by atoms with E-state index in [1.165, 1.54) is 12.3 Å². The van der Waals surface area contributed by atoms with Crippen LogP contribution in [0.25, 0.3) is 11.3 Å². The van der Waals surface area contributed by atoms with Gasteiger partial charge < -0.3 is 9.84 Å². The molecule has 0 fully saturated rings. The third-order valence-corrected chi connectivity index (χ3v) is 4.63. The Bertz CT molecular complexity index is 883. The van der Waals surface area contributed by atoms with E-state index in [-0.39, 0.29) is 6.04 Å². The molecule has 0 amide bonds. The molecule has 1 atom stereocenters. The highest BCUT2D eigenvalue weighted by Crippen LogP contribution is 2.36. The number of carboxylic acids is 1. The fourth-order valence-corrected chi connectivity index (χ4v) is 3.31. The lowest BCUT2D eigenvalue weighted by molar-refractivity contribution is -0.253. The number of aliphatic carboxylic acids is 1. The van der Waals surface area contributed by atoms with E-state index in [0.29, 0.717) is 30.5 Å². The fourth-order valence-electron chi connectivity index (χ4n) is 3.31. The van der Waals surface area contributed by atoms with E-state index in [4.69, 9.17) is 0 Å². The van der Waals surface area contributed by atoms with Crippen molar-refractivity contribution in [1.29, 1.82) is 0 Å². The Kier molecular flexibility index (Phi) is 5.31. The first kappa shape index (κ1) is 20.1. The maximum absolute atomic E-state index is 13.2. The minimum absolute atomic E-state index is 0.0504. The highest BCUT2D eigenvalue weighted by atomic mass is 19.3. The van der Waals surface area contributed by atoms with Gasteiger partial charge in [0.25, 0.3) is 0 Å². The number of rotatable bonds is 6. The second kappa shape index (κ2) is 7.40. The second-order valence-corrected chi connectivity index (χ2v) is 6.96. The molecule has 2 aromatic rings. The number of hydrogen-bond acceptors (Lipinski definition) is 4. The molecule has 3 rings (SSSR count). The number of fused-ring (bicyclic) bond motifs is 1. The third kappa shape index (κ3) is 3.81. The quantitative estimate of drug-likeness (QED) is 0.742. The van der Waals surface area contributed by atoms with Crippen molar-refractivity contribution in [3.63, 3.8) is 0 Å². The van der Waals surface area contributed by atoms with Crippen LogP contribution in [0.3, 0.4) is 0 Å². The molecule has 1 N–H and O–H groups in total. The van der Waals surface area contributed by atoms with Crippen LogP contribution >= 0.6 is 0 Å². The average molecular weight is 401 g/mol. The summed E-state index contributed by atoms with van der Waals surface area (Å²) in [6.07, 6.45) is -5.12. The van der Waals surface area contributed by atoms with Gasteiger partial charge in [0.2, 0.25) is 0 Å². The van der Waals surface area contributed by atoms with Crippen LogP contribution in [0.15, 0.2) is 18.5 Å². The average Bonchev–Trinajstić information content (AvgIpc) is 3.00. The first-order valence-corrected chi connectivity index (χ1v) is 8.73. The number of pyridine rings is 1. The number of alkyl halides is 4. The summed E-state index contributed by atoms with van der Waals surface area (Å²) in [5.41, 5.74) is 2.39. The van der Waals surface area contributed by atoms with Crippen LogP contribution in [-0.4, -0.2) is 38.4 Å². The van der Waals surface area contributed by atoms with Crippen LogP contribution in [0.2, 0.25) is 0 Å². The monoisotopic (exact) mass is 401 g/mol. The summed E-state index contributed by atoms with van der Waals surface area (Å²) in [5, 5.41) is 13.8. The summed E-state index contributed by atoms with van der Waals surface area (Å²) in [6.45, 7) is 3.78. The predicted octanol–water partition coefficient (Wildman–Crippen LogP) is 3.95. The van der Waals surface area contributed by atoms with Crippen molar-refractivity contribution in [2.45, 2.75) is 51.7 Å². The second-order valence-electron chi connectivity index (χ2n) is 6.96.